The van der Waals surface area contributed by atoms with Crippen molar-refractivity contribution in [3.8, 4) is 5.75 Å². The van der Waals surface area contributed by atoms with Gasteiger partial charge >= 0.3 is 0 Å². The molecule has 0 aliphatic carbocycles. The van der Waals surface area contributed by atoms with Crippen molar-refractivity contribution >= 4 is 5.78 Å². The molecule has 4 heteroatoms. The molecule has 20 heavy (non-hydrogen) atoms. The number of nitrogens with zero attached hydrogens (tertiary/aromatic N) is 1. The SMILES string of the molecule is COc1ccc(C(=O)CN2CCCCCCC2)cc1F. The van der Waals surface area contributed by atoms with Gasteiger partial charge in [-0.2, -0.15) is 0 Å². The molecule has 110 valence electrons. The van der Waals surface area contributed by atoms with Crippen LogP contribution < -0.4 is 4.74 Å². The molecule has 0 radical (unpaired) electrons. The summed E-state index contributed by atoms with van der Waals surface area (Å²) in [5.41, 5.74) is 0.422. The zero-order valence-electron chi connectivity index (χ0n) is 12.0. The molecule has 0 unspecified atom stereocenters. The van der Waals surface area contributed by atoms with Crippen molar-refractivity contribution < 1.29 is 13.9 Å². The number of rotatable bonds is 4. The Morgan fingerprint density at radius 2 is 1.85 bits per heavy atom. The highest BCUT2D eigenvalue weighted by Crippen LogP contribution is 2.18. The number of hydrogen-bond donors (Lipinski definition) is 0. The molecule has 1 aliphatic heterocycles. The van der Waals surface area contributed by atoms with Crippen LogP contribution in [0.3, 0.4) is 0 Å². The largest absolute Gasteiger partial charge is 0.494 e. The first-order chi connectivity index (χ1) is 9.70. The summed E-state index contributed by atoms with van der Waals surface area (Å²) in [7, 11) is 1.42. The van der Waals surface area contributed by atoms with E-state index < -0.39 is 5.82 Å². The molecule has 1 aromatic carbocycles. The van der Waals surface area contributed by atoms with Crippen LogP contribution >= 0.6 is 0 Å². The normalized spacial score (nSPS) is 17.3. The standard InChI is InChI=1S/C16H22FNO2/c1-20-16-8-7-13(11-14(16)17)15(19)12-18-9-5-3-2-4-6-10-18/h7-8,11H,2-6,9-10,12H2,1H3. The van der Waals surface area contributed by atoms with E-state index in [-0.39, 0.29) is 11.5 Å². The van der Waals surface area contributed by atoms with Gasteiger partial charge < -0.3 is 4.74 Å². The van der Waals surface area contributed by atoms with Crippen LogP contribution in [0.2, 0.25) is 0 Å². The van der Waals surface area contributed by atoms with Crippen LogP contribution in [-0.4, -0.2) is 37.4 Å². The number of Topliss-reactive ketones (excluding diaryl/α,β-unsaturated/α-hetero) is 1. The van der Waals surface area contributed by atoms with Crippen molar-refractivity contribution in [2.75, 3.05) is 26.7 Å². The highest BCUT2D eigenvalue weighted by atomic mass is 19.1. The third-order valence-corrected chi connectivity index (χ3v) is 3.79. The number of ether oxygens (including phenoxy) is 1. The Morgan fingerprint density at radius 3 is 2.45 bits per heavy atom. The van der Waals surface area contributed by atoms with Gasteiger partial charge in [-0.3, -0.25) is 9.69 Å². The second-order valence-corrected chi connectivity index (χ2v) is 5.32. The Bertz CT molecular complexity index is 454. The fourth-order valence-corrected chi connectivity index (χ4v) is 2.61. The number of likely N-dealkylation sites (tertiary alicyclic amines) is 1. The summed E-state index contributed by atoms with van der Waals surface area (Å²) in [5.74, 6) is -0.328. The third-order valence-electron chi connectivity index (χ3n) is 3.79. The Kier molecular flexibility index (Phi) is 5.53. The lowest BCUT2D eigenvalue weighted by Gasteiger charge is -2.23. The van der Waals surface area contributed by atoms with Crippen LogP contribution in [-0.2, 0) is 0 Å². The summed E-state index contributed by atoms with van der Waals surface area (Å²) in [5, 5.41) is 0. The predicted octanol–water partition coefficient (Wildman–Crippen LogP) is 3.28. The zero-order chi connectivity index (χ0) is 14.4. The van der Waals surface area contributed by atoms with E-state index >= 15 is 0 Å². The predicted molar refractivity (Wildman–Crippen MR) is 76.8 cm³/mol. The minimum atomic E-state index is -0.481. The smallest absolute Gasteiger partial charge is 0.176 e. The first-order valence-electron chi connectivity index (χ1n) is 7.30. The highest BCUT2D eigenvalue weighted by molar-refractivity contribution is 5.97. The molecule has 1 saturated heterocycles. The van der Waals surface area contributed by atoms with E-state index in [2.05, 4.69) is 4.90 Å². The topological polar surface area (TPSA) is 29.5 Å². The molecule has 1 fully saturated rings. The van der Waals surface area contributed by atoms with Gasteiger partial charge in [0, 0.05) is 5.56 Å². The lowest BCUT2D eigenvalue weighted by Crippen LogP contribution is -2.32. The molecule has 0 bridgehead atoms. The lowest BCUT2D eigenvalue weighted by atomic mass is 10.1. The second kappa shape index (κ2) is 7.39. The van der Waals surface area contributed by atoms with Gasteiger partial charge in [0.25, 0.3) is 0 Å². The molecule has 0 amide bonds. The fourth-order valence-electron chi connectivity index (χ4n) is 2.61. The van der Waals surface area contributed by atoms with Gasteiger partial charge in [-0.15, -0.1) is 0 Å². The minimum absolute atomic E-state index is 0.0212. The maximum Gasteiger partial charge on any atom is 0.176 e. The number of methoxy groups -OCH3 is 1. The molecule has 0 atom stereocenters. The Labute approximate surface area is 119 Å². The summed E-state index contributed by atoms with van der Waals surface area (Å²) in [6.07, 6.45) is 6.06. The third kappa shape index (κ3) is 4.04. The van der Waals surface area contributed by atoms with Gasteiger partial charge in [-0.05, 0) is 44.1 Å². The Hall–Kier alpha value is -1.42. The summed E-state index contributed by atoms with van der Waals surface area (Å²) >= 11 is 0. The van der Waals surface area contributed by atoms with Gasteiger partial charge in [0.1, 0.15) is 0 Å². The monoisotopic (exact) mass is 279 g/mol. The van der Waals surface area contributed by atoms with Gasteiger partial charge in [-0.25, -0.2) is 4.39 Å². The van der Waals surface area contributed by atoms with Crippen molar-refractivity contribution in [2.45, 2.75) is 32.1 Å². The summed E-state index contributed by atoms with van der Waals surface area (Å²) in [4.78, 5) is 14.4. The number of carbonyl (C=O) groups is 1. The fraction of sp³-hybridized carbons (Fsp3) is 0.562. The van der Waals surface area contributed by atoms with Crippen molar-refractivity contribution in [1.29, 1.82) is 0 Å². The second-order valence-electron chi connectivity index (χ2n) is 5.32. The van der Waals surface area contributed by atoms with Crippen LogP contribution in [0.25, 0.3) is 0 Å². The molecule has 1 aromatic rings. The zero-order valence-corrected chi connectivity index (χ0v) is 12.0. The number of benzene rings is 1. The van der Waals surface area contributed by atoms with Gasteiger partial charge in [-0.1, -0.05) is 19.3 Å². The molecule has 0 N–H and O–H groups in total. The van der Waals surface area contributed by atoms with Crippen molar-refractivity contribution in [1.82, 2.24) is 4.90 Å². The molecule has 3 nitrogen and oxygen atoms in total. The lowest BCUT2D eigenvalue weighted by molar-refractivity contribution is 0.0924. The van der Waals surface area contributed by atoms with E-state index in [1.54, 1.807) is 6.07 Å². The van der Waals surface area contributed by atoms with Crippen LogP contribution in [0.15, 0.2) is 18.2 Å². The molecular formula is C16H22FNO2. The number of carbonyl (C=O) groups excluding carboxylic acids is 1. The molecule has 0 saturated carbocycles. The Balaban J connectivity index is 1.98. The van der Waals surface area contributed by atoms with Gasteiger partial charge in [0.2, 0.25) is 0 Å². The first-order valence-corrected chi connectivity index (χ1v) is 7.30. The van der Waals surface area contributed by atoms with E-state index in [4.69, 9.17) is 4.74 Å². The van der Waals surface area contributed by atoms with Crippen LogP contribution in [0.1, 0.15) is 42.5 Å². The average Bonchev–Trinajstić information content (AvgIpc) is 2.41. The summed E-state index contributed by atoms with van der Waals surface area (Å²) < 4.78 is 18.5. The molecule has 1 heterocycles. The minimum Gasteiger partial charge on any atom is -0.494 e. The molecule has 2 rings (SSSR count). The number of halogens is 1. The van der Waals surface area contributed by atoms with Crippen molar-refractivity contribution in [3.05, 3.63) is 29.6 Å². The average molecular weight is 279 g/mol. The van der Waals surface area contributed by atoms with Crippen molar-refractivity contribution in [2.24, 2.45) is 0 Å². The van der Waals surface area contributed by atoms with Crippen LogP contribution in [0.5, 0.6) is 5.75 Å². The van der Waals surface area contributed by atoms with Crippen molar-refractivity contribution in [3.63, 3.8) is 0 Å². The van der Waals surface area contributed by atoms with E-state index in [0.29, 0.717) is 12.1 Å². The first kappa shape index (κ1) is 15.0. The van der Waals surface area contributed by atoms with E-state index in [1.165, 1.54) is 38.5 Å². The maximum atomic E-state index is 13.6. The molecular weight excluding hydrogens is 257 g/mol. The summed E-state index contributed by atoms with van der Waals surface area (Å²) in [6.45, 7) is 2.31. The number of ketones is 1. The van der Waals surface area contributed by atoms with E-state index in [0.717, 1.165) is 25.9 Å². The number of hydrogen-bond acceptors (Lipinski definition) is 3. The molecule has 0 spiro atoms. The van der Waals surface area contributed by atoms with Crippen LogP contribution in [0.4, 0.5) is 4.39 Å². The van der Waals surface area contributed by atoms with E-state index in [1.807, 2.05) is 0 Å². The quantitative estimate of drug-likeness (QED) is 0.792. The van der Waals surface area contributed by atoms with E-state index in [9.17, 15) is 9.18 Å². The van der Waals surface area contributed by atoms with Gasteiger partial charge in [0.15, 0.2) is 17.3 Å². The molecule has 0 aromatic heterocycles. The molecule has 1 aliphatic rings. The highest BCUT2D eigenvalue weighted by Gasteiger charge is 2.15. The summed E-state index contributed by atoms with van der Waals surface area (Å²) in [6, 6.07) is 4.41. The van der Waals surface area contributed by atoms with Crippen LogP contribution in [0, 0.1) is 5.82 Å². The van der Waals surface area contributed by atoms with Gasteiger partial charge in [0.05, 0.1) is 13.7 Å². The Morgan fingerprint density at radius 1 is 1.20 bits per heavy atom. The maximum absolute atomic E-state index is 13.6.